The highest BCUT2D eigenvalue weighted by molar-refractivity contribution is 7.15. The van der Waals surface area contributed by atoms with Crippen LogP contribution in [0, 0.1) is 10.1 Å². The Balaban J connectivity index is 1.40. The molecule has 27 heavy (non-hydrogen) atoms. The minimum Gasteiger partial charge on any atom is -0.459 e. The Hall–Kier alpha value is -3.04. The van der Waals surface area contributed by atoms with Crippen LogP contribution in [0.4, 0.5) is 10.8 Å². The third-order valence-corrected chi connectivity index (χ3v) is 5.33. The van der Waals surface area contributed by atoms with Crippen molar-refractivity contribution in [1.82, 2.24) is 9.88 Å². The summed E-state index contributed by atoms with van der Waals surface area (Å²) in [5, 5.41) is 14.1. The van der Waals surface area contributed by atoms with Crippen LogP contribution >= 0.6 is 11.3 Å². The number of nitrogens with one attached hydrogen (secondary N) is 1. The van der Waals surface area contributed by atoms with E-state index in [1.165, 1.54) is 29.7 Å². The van der Waals surface area contributed by atoms with Crippen LogP contribution in [0.3, 0.4) is 0 Å². The zero-order chi connectivity index (χ0) is 18.8. The lowest BCUT2D eigenvalue weighted by molar-refractivity contribution is -0.384. The van der Waals surface area contributed by atoms with Gasteiger partial charge in [0.1, 0.15) is 0 Å². The van der Waals surface area contributed by atoms with Crippen LogP contribution in [0.1, 0.15) is 26.7 Å². The first-order valence-corrected chi connectivity index (χ1v) is 9.19. The summed E-state index contributed by atoms with van der Waals surface area (Å²) < 4.78 is 5.09. The fourth-order valence-corrected chi connectivity index (χ4v) is 4.03. The predicted molar refractivity (Wildman–Crippen MR) is 99.7 cm³/mol. The smallest absolute Gasteiger partial charge is 0.293 e. The summed E-state index contributed by atoms with van der Waals surface area (Å²) in [5.41, 5.74) is 2.13. The summed E-state index contributed by atoms with van der Waals surface area (Å²) in [7, 11) is 0. The minimum absolute atomic E-state index is 0.0964. The lowest BCUT2D eigenvalue weighted by atomic mass is 10.1. The van der Waals surface area contributed by atoms with Crippen LogP contribution in [0.5, 0.6) is 0 Å². The summed E-state index contributed by atoms with van der Waals surface area (Å²) in [4.78, 5) is 30.3. The first kappa shape index (κ1) is 17.4. The highest BCUT2D eigenvalue weighted by Crippen LogP contribution is 2.29. The number of amides is 1. The van der Waals surface area contributed by atoms with Gasteiger partial charge < -0.3 is 4.42 Å². The number of non-ortho nitro benzene ring substituents is 1. The molecule has 0 atom stereocenters. The number of nitro benzene ring substituents is 1. The average molecular weight is 384 g/mol. The van der Waals surface area contributed by atoms with Crippen molar-refractivity contribution < 1.29 is 14.1 Å². The number of fused-ring (bicyclic) bond motifs is 1. The zero-order valence-corrected chi connectivity index (χ0v) is 15.1. The largest absolute Gasteiger partial charge is 0.459 e. The predicted octanol–water partition coefficient (Wildman–Crippen LogP) is 3.45. The van der Waals surface area contributed by atoms with Crippen LogP contribution in [0.25, 0.3) is 0 Å². The molecule has 8 nitrogen and oxygen atoms in total. The van der Waals surface area contributed by atoms with Crippen molar-refractivity contribution in [2.45, 2.75) is 19.5 Å². The molecule has 1 amide bonds. The molecule has 1 aliphatic rings. The number of aromatic nitrogens is 1. The van der Waals surface area contributed by atoms with E-state index in [0.29, 0.717) is 11.7 Å². The third kappa shape index (κ3) is 3.88. The monoisotopic (exact) mass is 384 g/mol. The van der Waals surface area contributed by atoms with Crippen LogP contribution < -0.4 is 5.32 Å². The fraction of sp³-hybridized carbons (Fsp3) is 0.222. The molecular weight excluding hydrogens is 368 g/mol. The van der Waals surface area contributed by atoms with Crippen LogP contribution in [-0.4, -0.2) is 27.3 Å². The number of benzene rings is 1. The molecule has 4 rings (SSSR count). The van der Waals surface area contributed by atoms with E-state index < -0.39 is 4.92 Å². The Kier molecular flexibility index (Phi) is 4.69. The summed E-state index contributed by atoms with van der Waals surface area (Å²) >= 11 is 1.47. The number of rotatable bonds is 5. The van der Waals surface area contributed by atoms with Gasteiger partial charge in [0.15, 0.2) is 10.9 Å². The maximum atomic E-state index is 12.1. The number of carbonyl (C=O) groups is 1. The highest BCUT2D eigenvalue weighted by atomic mass is 32.1. The molecule has 0 bridgehead atoms. The Morgan fingerprint density at radius 1 is 1.33 bits per heavy atom. The van der Waals surface area contributed by atoms with Gasteiger partial charge in [-0.3, -0.25) is 25.1 Å². The van der Waals surface area contributed by atoms with E-state index in [1.54, 1.807) is 24.3 Å². The summed E-state index contributed by atoms with van der Waals surface area (Å²) in [6, 6.07) is 9.90. The number of hydrogen-bond acceptors (Lipinski definition) is 7. The number of furan rings is 1. The van der Waals surface area contributed by atoms with Crippen molar-refractivity contribution in [2.24, 2.45) is 0 Å². The Morgan fingerprint density at radius 2 is 2.15 bits per heavy atom. The molecule has 0 spiro atoms. The number of hydrogen-bond donors (Lipinski definition) is 1. The van der Waals surface area contributed by atoms with Gasteiger partial charge in [-0.25, -0.2) is 4.98 Å². The minimum atomic E-state index is -0.396. The van der Waals surface area contributed by atoms with E-state index in [4.69, 9.17) is 4.42 Å². The molecular formula is C18H16N4O4S. The van der Waals surface area contributed by atoms with Gasteiger partial charge in [0.05, 0.1) is 16.9 Å². The second kappa shape index (κ2) is 7.29. The van der Waals surface area contributed by atoms with E-state index >= 15 is 0 Å². The first-order valence-electron chi connectivity index (χ1n) is 8.37. The molecule has 0 unspecified atom stereocenters. The molecule has 138 valence electrons. The molecule has 1 aromatic carbocycles. The standard InChI is InChI=1S/C18H16N4O4S/c23-17(15-2-1-9-26-15)20-18-19-14-7-8-21(11-16(14)27-18)10-12-3-5-13(6-4-12)22(24)25/h1-6,9H,7-8,10-11H2,(H,19,20,23). The van der Waals surface area contributed by atoms with Crippen molar-refractivity contribution in [1.29, 1.82) is 0 Å². The van der Waals surface area contributed by atoms with Crippen LogP contribution in [0.2, 0.25) is 0 Å². The van der Waals surface area contributed by atoms with Gasteiger partial charge >= 0.3 is 0 Å². The number of anilines is 1. The molecule has 2 aromatic heterocycles. The number of thiazole rings is 1. The fourth-order valence-electron chi connectivity index (χ4n) is 2.98. The van der Waals surface area contributed by atoms with Crippen molar-refractivity contribution in [3.05, 3.63) is 74.7 Å². The first-order chi connectivity index (χ1) is 13.1. The maximum Gasteiger partial charge on any atom is 0.293 e. The SMILES string of the molecule is O=C(Nc1nc2c(s1)CN(Cc1ccc([N+](=O)[O-])cc1)CC2)c1ccco1. The molecule has 0 fully saturated rings. The highest BCUT2D eigenvalue weighted by Gasteiger charge is 2.22. The van der Waals surface area contributed by atoms with Gasteiger partial charge in [0, 0.05) is 43.1 Å². The zero-order valence-electron chi connectivity index (χ0n) is 14.3. The average Bonchev–Trinajstić information content (AvgIpc) is 3.31. The lowest BCUT2D eigenvalue weighted by Gasteiger charge is -2.25. The van der Waals surface area contributed by atoms with E-state index in [2.05, 4.69) is 15.2 Å². The molecule has 0 aliphatic carbocycles. The second-order valence-electron chi connectivity index (χ2n) is 6.20. The molecule has 3 heterocycles. The number of nitro groups is 1. The Bertz CT molecular complexity index is 966. The Morgan fingerprint density at radius 3 is 2.85 bits per heavy atom. The van der Waals surface area contributed by atoms with Gasteiger partial charge in [0.2, 0.25) is 0 Å². The molecule has 9 heteroatoms. The topological polar surface area (TPSA) is 102 Å². The van der Waals surface area contributed by atoms with Gasteiger partial charge in [-0.05, 0) is 17.7 Å². The lowest BCUT2D eigenvalue weighted by Crippen LogP contribution is -2.29. The van der Waals surface area contributed by atoms with Crippen molar-refractivity contribution in [3.63, 3.8) is 0 Å². The molecule has 3 aromatic rings. The summed E-state index contributed by atoms with van der Waals surface area (Å²) in [6.45, 7) is 2.29. The quantitative estimate of drug-likeness (QED) is 0.534. The number of nitrogens with zero attached hydrogens (tertiary/aromatic N) is 3. The molecule has 1 aliphatic heterocycles. The summed E-state index contributed by atoms with van der Waals surface area (Å²) in [5.74, 6) is -0.0585. The molecule has 0 radical (unpaired) electrons. The van der Waals surface area contributed by atoms with Gasteiger partial charge in [-0.1, -0.05) is 12.1 Å². The third-order valence-electron chi connectivity index (χ3n) is 4.33. The molecule has 0 saturated carbocycles. The van der Waals surface area contributed by atoms with Gasteiger partial charge in [-0.2, -0.15) is 0 Å². The van der Waals surface area contributed by atoms with E-state index in [9.17, 15) is 14.9 Å². The number of carbonyl (C=O) groups excluding carboxylic acids is 1. The molecule has 1 N–H and O–H groups in total. The second-order valence-corrected chi connectivity index (χ2v) is 7.29. The van der Waals surface area contributed by atoms with Gasteiger partial charge in [-0.15, -0.1) is 11.3 Å². The van der Waals surface area contributed by atoms with E-state index in [0.717, 1.165) is 35.6 Å². The normalized spacial score (nSPS) is 13.9. The summed E-state index contributed by atoms with van der Waals surface area (Å²) in [6.07, 6.45) is 2.26. The van der Waals surface area contributed by atoms with E-state index in [-0.39, 0.29) is 17.4 Å². The van der Waals surface area contributed by atoms with Crippen LogP contribution in [-0.2, 0) is 19.5 Å². The van der Waals surface area contributed by atoms with Crippen LogP contribution in [0.15, 0.2) is 47.1 Å². The molecule has 0 saturated heterocycles. The Labute approximate surface area is 158 Å². The van der Waals surface area contributed by atoms with Crippen molar-refractivity contribution >= 4 is 28.1 Å². The van der Waals surface area contributed by atoms with Gasteiger partial charge in [0.25, 0.3) is 11.6 Å². The maximum absolute atomic E-state index is 12.1. The van der Waals surface area contributed by atoms with Crippen molar-refractivity contribution in [2.75, 3.05) is 11.9 Å². The van der Waals surface area contributed by atoms with Crippen molar-refractivity contribution in [3.8, 4) is 0 Å². The van der Waals surface area contributed by atoms with E-state index in [1.807, 2.05) is 0 Å².